The van der Waals surface area contributed by atoms with Gasteiger partial charge in [0.1, 0.15) is 17.4 Å². The summed E-state index contributed by atoms with van der Waals surface area (Å²) < 4.78 is 1.68. The van der Waals surface area contributed by atoms with Crippen molar-refractivity contribution in [3.63, 3.8) is 0 Å². The average molecular weight is 373 g/mol. The molecule has 1 aromatic heterocycles. The van der Waals surface area contributed by atoms with Crippen LogP contribution < -0.4 is 5.32 Å². The summed E-state index contributed by atoms with van der Waals surface area (Å²) in [6.07, 6.45) is 3.13. The largest absolute Gasteiger partial charge is 0.508 e. The third kappa shape index (κ3) is 4.08. The minimum Gasteiger partial charge on any atom is -0.508 e. The molecular weight excluding hydrogens is 358 g/mol. The van der Waals surface area contributed by atoms with Gasteiger partial charge in [-0.3, -0.25) is 4.79 Å². The van der Waals surface area contributed by atoms with Crippen LogP contribution >= 0.6 is 0 Å². The van der Waals surface area contributed by atoms with Crippen molar-refractivity contribution in [1.29, 1.82) is 5.26 Å². The smallest absolute Gasteiger partial charge is 0.335 e. The lowest BCUT2D eigenvalue weighted by Crippen LogP contribution is -2.13. The second-order valence-corrected chi connectivity index (χ2v) is 5.83. The first-order chi connectivity index (χ1) is 13.5. The van der Waals surface area contributed by atoms with Crippen molar-refractivity contribution in [2.75, 3.05) is 5.32 Å². The number of aromatic hydroxyl groups is 1. The fraction of sp³-hybridized carbons (Fsp3) is 0. The molecule has 1 heterocycles. The standard InChI is InChI=1S/C21H15N3O4/c22-13-15(20(26)23-16-6-8-19(25)9-7-16)12-18-5-2-10-24(18)17-4-1-3-14(11-17)21(27)28/h1-12,25H,(H,23,26)(H,27,28)/b15-12-. The van der Waals surface area contributed by atoms with E-state index in [1.54, 1.807) is 35.0 Å². The zero-order chi connectivity index (χ0) is 20.1. The highest BCUT2D eigenvalue weighted by Gasteiger charge is 2.12. The number of nitriles is 1. The Hall–Kier alpha value is -4.31. The van der Waals surface area contributed by atoms with Gasteiger partial charge in [-0.15, -0.1) is 0 Å². The monoisotopic (exact) mass is 373 g/mol. The van der Waals surface area contributed by atoms with E-state index in [0.29, 0.717) is 17.1 Å². The number of hydrogen-bond acceptors (Lipinski definition) is 4. The number of rotatable bonds is 5. The maximum Gasteiger partial charge on any atom is 0.335 e. The minimum atomic E-state index is -1.04. The van der Waals surface area contributed by atoms with Crippen molar-refractivity contribution in [2.24, 2.45) is 0 Å². The first kappa shape index (κ1) is 18.5. The van der Waals surface area contributed by atoms with E-state index < -0.39 is 11.9 Å². The summed E-state index contributed by atoms with van der Waals surface area (Å²) >= 11 is 0. The Morgan fingerprint density at radius 3 is 2.50 bits per heavy atom. The molecule has 0 spiro atoms. The highest BCUT2D eigenvalue weighted by atomic mass is 16.4. The highest BCUT2D eigenvalue weighted by Crippen LogP contribution is 2.19. The van der Waals surface area contributed by atoms with E-state index in [2.05, 4.69) is 5.32 Å². The number of carbonyl (C=O) groups excluding carboxylic acids is 1. The maximum absolute atomic E-state index is 12.4. The van der Waals surface area contributed by atoms with Crippen LogP contribution in [0.3, 0.4) is 0 Å². The molecule has 0 aliphatic heterocycles. The van der Waals surface area contributed by atoms with Gasteiger partial charge in [-0.25, -0.2) is 4.79 Å². The van der Waals surface area contributed by atoms with Crippen LogP contribution in [0.2, 0.25) is 0 Å². The molecule has 3 N–H and O–H groups in total. The molecule has 0 unspecified atom stereocenters. The molecule has 0 aliphatic carbocycles. The number of aromatic nitrogens is 1. The molecule has 0 saturated heterocycles. The van der Waals surface area contributed by atoms with Gasteiger partial charge in [-0.1, -0.05) is 6.07 Å². The summed E-state index contributed by atoms with van der Waals surface area (Å²) in [6.45, 7) is 0. The third-order valence-electron chi connectivity index (χ3n) is 3.93. The van der Waals surface area contributed by atoms with Crippen molar-refractivity contribution in [3.8, 4) is 17.5 Å². The number of carboxylic acids is 1. The molecule has 7 heteroatoms. The predicted octanol–water partition coefficient (Wildman–Crippen LogP) is 3.43. The van der Waals surface area contributed by atoms with Gasteiger partial charge in [0, 0.05) is 23.3 Å². The van der Waals surface area contributed by atoms with Crippen LogP contribution in [0.25, 0.3) is 11.8 Å². The van der Waals surface area contributed by atoms with Crippen LogP contribution in [0.1, 0.15) is 16.1 Å². The van der Waals surface area contributed by atoms with Crippen LogP contribution in [0.15, 0.2) is 72.4 Å². The van der Waals surface area contributed by atoms with Gasteiger partial charge in [0.2, 0.25) is 0 Å². The Kier molecular flexibility index (Phi) is 5.23. The molecule has 28 heavy (non-hydrogen) atoms. The summed E-state index contributed by atoms with van der Waals surface area (Å²) in [7, 11) is 0. The lowest BCUT2D eigenvalue weighted by Gasteiger charge is -2.08. The van der Waals surface area contributed by atoms with Gasteiger partial charge in [0.15, 0.2) is 0 Å². The van der Waals surface area contributed by atoms with Crippen molar-refractivity contribution in [3.05, 3.63) is 83.7 Å². The molecule has 0 saturated carbocycles. The van der Waals surface area contributed by atoms with Crippen molar-refractivity contribution >= 4 is 23.6 Å². The van der Waals surface area contributed by atoms with Crippen LogP contribution in [-0.4, -0.2) is 26.7 Å². The number of nitrogens with one attached hydrogen (secondary N) is 1. The summed E-state index contributed by atoms with van der Waals surface area (Å²) in [5.74, 6) is -1.58. The minimum absolute atomic E-state index is 0.0652. The number of phenolic OH excluding ortho intramolecular Hbond substituents is 1. The first-order valence-electron chi connectivity index (χ1n) is 8.21. The van der Waals surface area contributed by atoms with E-state index in [9.17, 15) is 20.0 Å². The molecule has 0 bridgehead atoms. The number of aromatic carboxylic acids is 1. The zero-order valence-corrected chi connectivity index (χ0v) is 14.5. The van der Waals surface area contributed by atoms with Crippen LogP contribution in [0.4, 0.5) is 5.69 Å². The zero-order valence-electron chi connectivity index (χ0n) is 14.5. The van der Waals surface area contributed by atoms with Gasteiger partial charge >= 0.3 is 5.97 Å². The molecule has 0 fully saturated rings. The molecule has 0 aliphatic rings. The normalized spacial score (nSPS) is 10.9. The van der Waals surface area contributed by atoms with Gasteiger partial charge in [-0.2, -0.15) is 5.26 Å². The molecule has 3 aromatic rings. The van der Waals surface area contributed by atoms with E-state index in [4.69, 9.17) is 5.11 Å². The third-order valence-corrected chi connectivity index (χ3v) is 3.93. The summed E-state index contributed by atoms with van der Waals surface area (Å²) in [5, 5.41) is 30.4. The number of nitrogens with zero attached hydrogens (tertiary/aromatic N) is 2. The van der Waals surface area contributed by atoms with Gasteiger partial charge in [0.05, 0.1) is 5.56 Å². The number of carbonyl (C=O) groups is 2. The number of hydrogen-bond donors (Lipinski definition) is 3. The molecule has 0 atom stereocenters. The Bertz CT molecular complexity index is 1110. The molecule has 7 nitrogen and oxygen atoms in total. The molecule has 0 radical (unpaired) electrons. The average Bonchev–Trinajstić information content (AvgIpc) is 3.16. The van der Waals surface area contributed by atoms with E-state index in [-0.39, 0.29) is 16.9 Å². The lowest BCUT2D eigenvalue weighted by atomic mass is 10.2. The number of carboxylic acid groups (broad SMARTS) is 1. The Morgan fingerprint density at radius 1 is 1.07 bits per heavy atom. The molecule has 1 amide bonds. The number of phenols is 1. The topological polar surface area (TPSA) is 115 Å². The summed E-state index contributed by atoms with van der Waals surface area (Å²) in [5.41, 5.74) is 1.58. The van der Waals surface area contributed by atoms with Crippen molar-refractivity contribution in [1.82, 2.24) is 4.57 Å². The molecule has 138 valence electrons. The van der Waals surface area contributed by atoms with Gasteiger partial charge in [0.25, 0.3) is 5.91 Å². The predicted molar refractivity (Wildman–Crippen MR) is 103 cm³/mol. The SMILES string of the molecule is N#C/C(=C/c1cccn1-c1cccc(C(=O)O)c1)C(=O)Nc1ccc(O)cc1. The summed E-state index contributed by atoms with van der Waals surface area (Å²) in [4.78, 5) is 23.6. The van der Waals surface area contributed by atoms with E-state index in [1.807, 2.05) is 6.07 Å². The summed E-state index contributed by atoms with van der Waals surface area (Å²) in [6, 6.07) is 17.5. The van der Waals surface area contributed by atoms with E-state index >= 15 is 0 Å². The van der Waals surface area contributed by atoms with Crippen molar-refractivity contribution < 1.29 is 19.8 Å². The van der Waals surface area contributed by atoms with Crippen LogP contribution in [-0.2, 0) is 4.79 Å². The highest BCUT2D eigenvalue weighted by molar-refractivity contribution is 6.09. The molecule has 2 aromatic carbocycles. The fourth-order valence-electron chi connectivity index (χ4n) is 2.58. The van der Waals surface area contributed by atoms with Crippen LogP contribution in [0.5, 0.6) is 5.75 Å². The lowest BCUT2D eigenvalue weighted by molar-refractivity contribution is -0.112. The number of amides is 1. The Balaban J connectivity index is 1.90. The Morgan fingerprint density at radius 2 is 1.82 bits per heavy atom. The van der Waals surface area contributed by atoms with E-state index in [1.165, 1.54) is 42.5 Å². The number of anilines is 1. The quantitative estimate of drug-likeness (QED) is 0.360. The van der Waals surface area contributed by atoms with Crippen molar-refractivity contribution in [2.45, 2.75) is 0 Å². The van der Waals surface area contributed by atoms with Gasteiger partial charge < -0.3 is 20.1 Å². The second kappa shape index (κ2) is 7.93. The molecule has 3 rings (SSSR count). The maximum atomic E-state index is 12.4. The van der Waals surface area contributed by atoms with E-state index in [0.717, 1.165) is 0 Å². The second-order valence-electron chi connectivity index (χ2n) is 5.83. The van der Waals surface area contributed by atoms with Gasteiger partial charge in [-0.05, 0) is 60.7 Å². The first-order valence-corrected chi connectivity index (χ1v) is 8.21. The van der Waals surface area contributed by atoms with Crippen LogP contribution in [0, 0.1) is 11.3 Å². The fourth-order valence-corrected chi connectivity index (χ4v) is 2.58. The number of benzene rings is 2. The Labute approximate surface area is 160 Å². The molecular formula is C21H15N3O4.